The number of nitrogens with zero attached hydrogens (tertiary/aromatic N) is 2. The standard InChI is InChI=1S/C9H10ClN2Se/c1-12(2)9(13)11-8-5-3-7(10)4-6-8/h3-6H,1-2H3. The fourth-order valence-corrected chi connectivity index (χ4v) is 1.07. The number of aliphatic imine (C=N–C) groups is 1. The molecule has 0 unspecified atom stereocenters. The SMILES string of the molecule is CN(C)C([Se])=Nc1ccc(Cl)cc1. The second-order valence-corrected chi connectivity index (χ2v) is 3.97. The van der Waals surface area contributed by atoms with Crippen molar-refractivity contribution in [2.75, 3.05) is 14.1 Å². The third-order valence-electron chi connectivity index (χ3n) is 1.43. The Morgan fingerprint density at radius 3 is 2.31 bits per heavy atom. The average molecular weight is 261 g/mol. The molecule has 0 bridgehead atoms. The number of hydrogen-bond acceptors (Lipinski definition) is 1. The van der Waals surface area contributed by atoms with Gasteiger partial charge in [0.2, 0.25) is 0 Å². The predicted molar refractivity (Wildman–Crippen MR) is 58.0 cm³/mol. The summed E-state index contributed by atoms with van der Waals surface area (Å²) < 4.78 is 0.849. The van der Waals surface area contributed by atoms with Gasteiger partial charge in [0, 0.05) is 0 Å². The van der Waals surface area contributed by atoms with E-state index in [4.69, 9.17) is 11.6 Å². The minimum atomic E-state index is 0.727. The number of halogens is 1. The van der Waals surface area contributed by atoms with E-state index in [9.17, 15) is 0 Å². The van der Waals surface area contributed by atoms with Crippen molar-refractivity contribution in [1.29, 1.82) is 0 Å². The molecule has 0 atom stereocenters. The molecule has 0 aromatic heterocycles. The van der Waals surface area contributed by atoms with Crippen LogP contribution in [0.1, 0.15) is 0 Å². The first kappa shape index (κ1) is 10.6. The van der Waals surface area contributed by atoms with Crippen molar-refractivity contribution in [3.05, 3.63) is 29.3 Å². The molecule has 0 saturated carbocycles. The summed E-state index contributed by atoms with van der Waals surface area (Å²) in [5, 5.41) is 0.727. The van der Waals surface area contributed by atoms with Gasteiger partial charge in [-0.1, -0.05) is 0 Å². The summed E-state index contributed by atoms with van der Waals surface area (Å²) in [5.41, 5.74) is 0.895. The van der Waals surface area contributed by atoms with Gasteiger partial charge < -0.3 is 0 Å². The van der Waals surface area contributed by atoms with Gasteiger partial charge in [-0.2, -0.15) is 0 Å². The maximum absolute atomic E-state index is 5.74. The molecule has 2 nitrogen and oxygen atoms in total. The fourth-order valence-electron chi connectivity index (χ4n) is 0.726. The zero-order chi connectivity index (χ0) is 9.84. The summed E-state index contributed by atoms with van der Waals surface area (Å²) in [4.78, 5) is 6.24. The molecule has 1 aromatic rings. The topological polar surface area (TPSA) is 15.6 Å². The van der Waals surface area contributed by atoms with Crippen LogP contribution >= 0.6 is 11.6 Å². The van der Waals surface area contributed by atoms with E-state index in [1.165, 1.54) is 0 Å². The van der Waals surface area contributed by atoms with Crippen molar-refractivity contribution < 1.29 is 0 Å². The molecule has 1 rings (SSSR count). The van der Waals surface area contributed by atoms with Crippen LogP contribution in [-0.4, -0.2) is 39.7 Å². The van der Waals surface area contributed by atoms with E-state index in [2.05, 4.69) is 21.0 Å². The Kier molecular flexibility index (Phi) is 3.79. The summed E-state index contributed by atoms with van der Waals surface area (Å²) in [6, 6.07) is 7.40. The van der Waals surface area contributed by atoms with Crippen LogP contribution in [0.4, 0.5) is 5.69 Å². The van der Waals surface area contributed by atoms with Crippen LogP contribution in [0, 0.1) is 0 Å². The maximum atomic E-state index is 5.74. The molecule has 1 radical (unpaired) electrons. The van der Waals surface area contributed by atoms with E-state index >= 15 is 0 Å². The third kappa shape index (κ3) is 3.39. The first-order valence-electron chi connectivity index (χ1n) is 3.78. The van der Waals surface area contributed by atoms with Crippen LogP contribution in [-0.2, 0) is 0 Å². The molecule has 0 aliphatic heterocycles. The third-order valence-corrected chi connectivity index (χ3v) is 2.64. The van der Waals surface area contributed by atoms with Gasteiger partial charge >= 0.3 is 91.3 Å². The Bertz CT molecular complexity index is 306. The van der Waals surface area contributed by atoms with E-state index in [1.807, 2.05) is 43.3 Å². The van der Waals surface area contributed by atoms with E-state index in [1.54, 1.807) is 0 Å². The van der Waals surface area contributed by atoms with Crippen molar-refractivity contribution >= 4 is 38.0 Å². The second-order valence-electron chi connectivity index (χ2n) is 2.77. The van der Waals surface area contributed by atoms with Crippen LogP contribution in [0.3, 0.4) is 0 Å². The molecule has 0 amide bonds. The Hall–Kier alpha value is -0.501. The van der Waals surface area contributed by atoms with Crippen molar-refractivity contribution in [3.63, 3.8) is 0 Å². The van der Waals surface area contributed by atoms with Gasteiger partial charge in [-0.3, -0.25) is 0 Å². The van der Waals surface area contributed by atoms with Gasteiger partial charge in [0.1, 0.15) is 0 Å². The van der Waals surface area contributed by atoms with Crippen LogP contribution < -0.4 is 0 Å². The predicted octanol–water partition coefficient (Wildman–Crippen LogP) is 2.06. The quantitative estimate of drug-likeness (QED) is 0.429. The zero-order valence-electron chi connectivity index (χ0n) is 7.49. The van der Waals surface area contributed by atoms with E-state index in [0.29, 0.717) is 0 Å². The van der Waals surface area contributed by atoms with Crippen LogP contribution in [0.2, 0.25) is 5.02 Å². The summed E-state index contributed by atoms with van der Waals surface area (Å²) in [7, 11) is 3.87. The minimum absolute atomic E-state index is 0.727. The first-order chi connectivity index (χ1) is 6.09. The first-order valence-corrected chi connectivity index (χ1v) is 5.01. The molecule has 0 aliphatic rings. The molecule has 0 spiro atoms. The van der Waals surface area contributed by atoms with Crippen molar-refractivity contribution in [3.8, 4) is 0 Å². The summed E-state index contributed by atoms with van der Waals surface area (Å²) in [6.45, 7) is 0. The molecule has 13 heavy (non-hydrogen) atoms. The molecule has 0 aliphatic carbocycles. The molecule has 0 saturated heterocycles. The second kappa shape index (κ2) is 4.66. The number of amidine groups is 1. The number of rotatable bonds is 1. The normalized spacial score (nSPS) is 11.5. The monoisotopic (exact) mass is 261 g/mol. The molecular weight excluding hydrogens is 251 g/mol. The zero-order valence-corrected chi connectivity index (χ0v) is 9.96. The van der Waals surface area contributed by atoms with Crippen LogP contribution in [0.5, 0.6) is 0 Å². The molecule has 0 fully saturated rings. The fraction of sp³-hybridized carbons (Fsp3) is 0.222. The van der Waals surface area contributed by atoms with Gasteiger partial charge in [0.05, 0.1) is 0 Å². The van der Waals surface area contributed by atoms with Gasteiger partial charge in [0.25, 0.3) is 0 Å². The van der Waals surface area contributed by atoms with E-state index in [-0.39, 0.29) is 0 Å². The molecule has 4 heteroatoms. The van der Waals surface area contributed by atoms with Crippen molar-refractivity contribution in [2.24, 2.45) is 4.99 Å². The molecule has 0 N–H and O–H groups in total. The van der Waals surface area contributed by atoms with Gasteiger partial charge in [-0.05, 0) is 0 Å². The molecular formula is C9H10ClN2Se. The molecule has 69 valence electrons. The van der Waals surface area contributed by atoms with E-state index < -0.39 is 0 Å². The summed E-state index contributed by atoms with van der Waals surface area (Å²) >= 11 is 8.63. The van der Waals surface area contributed by atoms with E-state index in [0.717, 1.165) is 15.4 Å². The van der Waals surface area contributed by atoms with Gasteiger partial charge in [0.15, 0.2) is 0 Å². The van der Waals surface area contributed by atoms with Gasteiger partial charge in [-0.25, -0.2) is 0 Å². The number of hydrogen-bond donors (Lipinski definition) is 0. The average Bonchev–Trinajstić information content (AvgIpc) is 2.08. The Balaban J connectivity index is 2.85. The summed E-state index contributed by atoms with van der Waals surface area (Å²) in [6.07, 6.45) is 0. The van der Waals surface area contributed by atoms with Crippen LogP contribution in [0.25, 0.3) is 0 Å². The number of benzene rings is 1. The Morgan fingerprint density at radius 1 is 1.31 bits per heavy atom. The van der Waals surface area contributed by atoms with Crippen molar-refractivity contribution in [2.45, 2.75) is 0 Å². The Morgan fingerprint density at radius 2 is 1.85 bits per heavy atom. The summed E-state index contributed by atoms with van der Waals surface area (Å²) in [5.74, 6) is 0. The van der Waals surface area contributed by atoms with Crippen molar-refractivity contribution in [1.82, 2.24) is 4.90 Å². The molecule has 0 heterocycles. The van der Waals surface area contributed by atoms with Gasteiger partial charge in [-0.15, -0.1) is 0 Å². The molecule has 1 aromatic carbocycles. The Labute approximate surface area is 91.4 Å². The van der Waals surface area contributed by atoms with Crippen LogP contribution in [0.15, 0.2) is 29.3 Å².